The topological polar surface area (TPSA) is 24.1 Å². The van der Waals surface area contributed by atoms with Gasteiger partial charge in [0, 0.05) is 13.1 Å². The molecule has 0 fully saturated rings. The van der Waals surface area contributed by atoms with E-state index in [1.54, 1.807) is 0 Å². The second-order valence-corrected chi connectivity index (χ2v) is 5.07. The third-order valence-corrected chi connectivity index (χ3v) is 3.17. The predicted octanol–water partition coefficient (Wildman–Crippen LogP) is 4.00. The number of hydrogen-bond acceptors (Lipinski definition) is 1. The zero-order valence-corrected chi connectivity index (χ0v) is 12.5. The number of hydrogen-bond donors (Lipinski definition) is 2. The van der Waals surface area contributed by atoms with Crippen LogP contribution in [0.3, 0.4) is 0 Å². The molecule has 0 aromatic rings. The lowest BCUT2D eigenvalue weighted by atomic mass is 10.1. The molecular formula is C14H30N2S. The fourth-order valence-corrected chi connectivity index (χ4v) is 1.93. The van der Waals surface area contributed by atoms with Crippen molar-refractivity contribution in [3.05, 3.63) is 0 Å². The van der Waals surface area contributed by atoms with Gasteiger partial charge in [-0.25, -0.2) is 0 Å². The molecule has 0 heterocycles. The zero-order chi connectivity index (χ0) is 12.8. The highest BCUT2D eigenvalue weighted by atomic mass is 32.1. The predicted molar refractivity (Wildman–Crippen MR) is 81.5 cm³/mol. The molecule has 0 bridgehead atoms. The van der Waals surface area contributed by atoms with Gasteiger partial charge in [0.05, 0.1) is 0 Å². The summed E-state index contributed by atoms with van der Waals surface area (Å²) in [7, 11) is 0. The van der Waals surface area contributed by atoms with Gasteiger partial charge in [-0.1, -0.05) is 58.8 Å². The van der Waals surface area contributed by atoms with Crippen molar-refractivity contribution in [1.29, 1.82) is 0 Å². The van der Waals surface area contributed by atoms with E-state index < -0.39 is 0 Å². The summed E-state index contributed by atoms with van der Waals surface area (Å²) in [5, 5.41) is 7.31. The van der Waals surface area contributed by atoms with E-state index in [1.165, 1.54) is 57.8 Å². The molecule has 0 aromatic heterocycles. The maximum absolute atomic E-state index is 5.18. The van der Waals surface area contributed by atoms with E-state index in [1.807, 2.05) is 0 Å². The van der Waals surface area contributed by atoms with Crippen molar-refractivity contribution in [2.45, 2.75) is 71.6 Å². The highest BCUT2D eigenvalue weighted by Crippen LogP contribution is 2.06. The highest BCUT2D eigenvalue weighted by Gasteiger charge is 1.94. The molecule has 0 spiro atoms. The molecule has 0 unspecified atom stereocenters. The Morgan fingerprint density at radius 1 is 0.706 bits per heavy atom. The van der Waals surface area contributed by atoms with Crippen molar-refractivity contribution in [1.82, 2.24) is 10.6 Å². The Hall–Kier alpha value is -0.310. The van der Waals surface area contributed by atoms with Gasteiger partial charge in [0.25, 0.3) is 0 Å². The van der Waals surface area contributed by atoms with Gasteiger partial charge in [-0.15, -0.1) is 0 Å². The van der Waals surface area contributed by atoms with Gasteiger partial charge in [0.2, 0.25) is 0 Å². The van der Waals surface area contributed by atoms with Gasteiger partial charge in [-0.05, 0) is 25.1 Å². The molecule has 0 aliphatic rings. The van der Waals surface area contributed by atoms with Gasteiger partial charge in [0.15, 0.2) is 5.11 Å². The van der Waals surface area contributed by atoms with Crippen LogP contribution >= 0.6 is 12.2 Å². The van der Waals surface area contributed by atoms with Crippen LogP contribution in [0.4, 0.5) is 0 Å². The Morgan fingerprint density at radius 2 is 1.18 bits per heavy atom. The molecule has 0 aliphatic heterocycles. The largest absolute Gasteiger partial charge is 0.363 e. The SMILES string of the molecule is CCCCCCCCCNC(=S)NCCCC. The Bertz CT molecular complexity index is 172. The fourth-order valence-electron chi connectivity index (χ4n) is 1.73. The molecule has 0 aliphatic carbocycles. The molecule has 0 radical (unpaired) electrons. The molecule has 0 saturated carbocycles. The van der Waals surface area contributed by atoms with Crippen LogP contribution in [0.15, 0.2) is 0 Å². The molecular weight excluding hydrogens is 228 g/mol. The lowest BCUT2D eigenvalue weighted by Crippen LogP contribution is -2.36. The molecule has 2 nitrogen and oxygen atoms in total. The second kappa shape index (κ2) is 13.8. The van der Waals surface area contributed by atoms with Crippen LogP contribution in [0.25, 0.3) is 0 Å². The summed E-state index contributed by atoms with van der Waals surface area (Å²) in [6.45, 7) is 6.47. The van der Waals surface area contributed by atoms with E-state index in [0.29, 0.717) is 0 Å². The molecule has 0 rings (SSSR count). The minimum absolute atomic E-state index is 0.824. The monoisotopic (exact) mass is 258 g/mol. The quantitative estimate of drug-likeness (QED) is 0.433. The van der Waals surface area contributed by atoms with Crippen molar-refractivity contribution >= 4 is 17.3 Å². The Balaban J connectivity index is 3.08. The van der Waals surface area contributed by atoms with Crippen molar-refractivity contribution in [2.24, 2.45) is 0 Å². The van der Waals surface area contributed by atoms with Crippen LogP contribution in [0.1, 0.15) is 71.6 Å². The average molecular weight is 258 g/mol. The van der Waals surface area contributed by atoms with Gasteiger partial charge >= 0.3 is 0 Å². The number of thiocarbonyl (C=S) groups is 1. The van der Waals surface area contributed by atoms with Crippen molar-refractivity contribution in [3.8, 4) is 0 Å². The van der Waals surface area contributed by atoms with E-state index in [2.05, 4.69) is 24.5 Å². The lowest BCUT2D eigenvalue weighted by Gasteiger charge is -2.09. The molecule has 0 saturated heterocycles. The van der Waals surface area contributed by atoms with Crippen LogP contribution < -0.4 is 10.6 Å². The normalized spacial score (nSPS) is 10.2. The summed E-state index contributed by atoms with van der Waals surface area (Å²) >= 11 is 5.18. The van der Waals surface area contributed by atoms with Crippen molar-refractivity contribution in [3.63, 3.8) is 0 Å². The summed E-state index contributed by atoms with van der Waals surface area (Å²) < 4.78 is 0. The van der Waals surface area contributed by atoms with Crippen LogP contribution in [0, 0.1) is 0 Å². The number of unbranched alkanes of at least 4 members (excludes halogenated alkanes) is 7. The standard InChI is InChI=1S/C14H30N2S/c1-3-5-7-8-9-10-11-13-16-14(17)15-12-6-4-2/h3-13H2,1-2H3,(H2,15,16,17). The summed E-state index contributed by atoms with van der Waals surface area (Å²) in [4.78, 5) is 0. The molecule has 2 N–H and O–H groups in total. The molecule has 0 atom stereocenters. The van der Waals surface area contributed by atoms with Crippen LogP contribution in [-0.2, 0) is 0 Å². The van der Waals surface area contributed by atoms with Gasteiger partial charge in [0.1, 0.15) is 0 Å². The van der Waals surface area contributed by atoms with Crippen molar-refractivity contribution < 1.29 is 0 Å². The fraction of sp³-hybridized carbons (Fsp3) is 0.929. The first-order valence-electron chi connectivity index (χ1n) is 7.33. The average Bonchev–Trinajstić information content (AvgIpc) is 2.33. The second-order valence-electron chi connectivity index (χ2n) is 4.66. The summed E-state index contributed by atoms with van der Waals surface area (Å²) in [6.07, 6.45) is 11.9. The van der Waals surface area contributed by atoms with Gasteiger partial charge < -0.3 is 10.6 Å². The Labute approximate surface area is 113 Å². The van der Waals surface area contributed by atoms with E-state index in [4.69, 9.17) is 12.2 Å². The first kappa shape index (κ1) is 16.7. The minimum atomic E-state index is 0.824. The van der Waals surface area contributed by atoms with E-state index in [9.17, 15) is 0 Å². The molecule has 17 heavy (non-hydrogen) atoms. The van der Waals surface area contributed by atoms with E-state index in [0.717, 1.165) is 18.2 Å². The summed E-state index contributed by atoms with van der Waals surface area (Å²) in [6, 6.07) is 0. The molecule has 3 heteroatoms. The maximum Gasteiger partial charge on any atom is 0.166 e. The number of nitrogens with one attached hydrogen (secondary N) is 2. The third kappa shape index (κ3) is 13.6. The smallest absolute Gasteiger partial charge is 0.166 e. The van der Waals surface area contributed by atoms with Gasteiger partial charge in [-0.3, -0.25) is 0 Å². The van der Waals surface area contributed by atoms with Crippen LogP contribution in [0.5, 0.6) is 0 Å². The Kier molecular flexibility index (Phi) is 13.5. The summed E-state index contributed by atoms with van der Waals surface area (Å²) in [5.74, 6) is 0. The first-order chi connectivity index (χ1) is 8.31. The lowest BCUT2D eigenvalue weighted by molar-refractivity contribution is 0.584. The molecule has 0 aromatic carbocycles. The van der Waals surface area contributed by atoms with Gasteiger partial charge in [-0.2, -0.15) is 0 Å². The van der Waals surface area contributed by atoms with Crippen LogP contribution in [0.2, 0.25) is 0 Å². The summed E-state index contributed by atoms with van der Waals surface area (Å²) in [5.41, 5.74) is 0. The first-order valence-corrected chi connectivity index (χ1v) is 7.73. The molecule has 102 valence electrons. The highest BCUT2D eigenvalue weighted by molar-refractivity contribution is 7.80. The minimum Gasteiger partial charge on any atom is -0.363 e. The third-order valence-electron chi connectivity index (χ3n) is 2.88. The van der Waals surface area contributed by atoms with E-state index >= 15 is 0 Å². The van der Waals surface area contributed by atoms with Crippen LogP contribution in [-0.4, -0.2) is 18.2 Å². The van der Waals surface area contributed by atoms with E-state index in [-0.39, 0.29) is 0 Å². The Morgan fingerprint density at radius 3 is 1.76 bits per heavy atom. The number of rotatable bonds is 11. The molecule has 0 amide bonds. The van der Waals surface area contributed by atoms with Crippen molar-refractivity contribution in [2.75, 3.05) is 13.1 Å². The zero-order valence-electron chi connectivity index (χ0n) is 11.7. The maximum atomic E-state index is 5.18.